The summed E-state index contributed by atoms with van der Waals surface area (Å²) < 4.78 is 0. The van der Waals surface area contributed by atoms with E-state index in [2.05, 4.69) is 52.8 Å². The lowest BCUT2D eigenvalue weighted by Crippen LogP contribution is -1.62. The number of hydrogen-bond donors (Lipinski definition) is 0. The van der Waals surface area contributed by atoms with Crippen molar-refractivity contribution in [1.29, 1.82) is 0 Å². The zero-order valence-electron chi connectivity index (χ0n) is 10.6. The van der Waals surface area contributed by atoms with Gasteiger partial charge in [-0.1, -0.05) is 64.8 Å². The van der Waals surface area contributed by atoms with Crippen molar-refractivity contribution in [3.05, 3.63) is 23.8 Å². The number of allylic oxidation sites excluding steroid dienone is 4. The van der Waals surface area contributed by atoms with Gasteiger partial charge in [-0.2, -0.15) is 0 Å². The molecule has 0 bridgehead atoms. The molecule has 80 valence electrons. The molecular weight excluding hydrogens is 156 g/mol. The van der Waals surface area contributed by atoms with Crippen molar-refractivity contribution in [2.75, 3.05) is 0 Å². The van der Waals surface area contributed by atoms with Crippen LogP contribution in [0.2, 0.25) is 0 Å². The predicted octanol–water partition coefficient (Wildman–Crippen LogP) is 5.36. The average molecular weight is 184 g/mol. The Hall–Kier alpha value is -0.520. The molecule has 0 spiro atoms. The Morgan fingerprint density at radius 1 is 1.08 bits per heavy atom. The molecular formula is C13H28. The molecule has 0 N–H and O–H groups in total. The molecule has 0 rings (SSSR count). The Morgan fingerprint density at radius 3 is 1.69 bits per heavy atom. The Kier molecular flexibility index (Phi) is 31.7. The normalized spacial score (nSPS) is 9.92. The SMILES string of the molecule is C/C=C(C)\C=C/CC.CC.CCC. The van der Waals surface area contributed by atoms with Crippen LogP contribution >= 0.6 is 0 Å². The van der Waals surface area contributed by atoms with Gasteiger partial charge >= 0.3 is 0 Å². The van der Waals surface area contributed by atoms with Gasteiger partial charge in [0.05, 0.1) is 0 Å². The molecule has 0 unspecified atom stereocenters. The van der Waals surface area contributed by atoms with Crippen molar-refractivity contribution < 1.29 is 0 Å². The first-order valence-corrected chi connectivity index (χ1v) is 5.52. The summed E-state index contributed by atoms with van der Waals surface area (Å²) in [5.74, 6) is 0. The fourth-order valence-corrected chi connectivity index (χ4v) is 0.400. The molecule has 0 heterocycles. The standard InChI is InChI=1S/C8H14.C3H8.C2H6/c1-4-6-7-8(3)5-2;1-3-2;1-2/h5-7H,4H2,1-3H3;3H2,1-2H3;1-2H3/b7-6-,8-5-;;. The quantitative estimate of drug-likeness (QED) is 0.507. The lowest BCUT2D eigenvalue weighted by molar-refractivity contribution is 1.09. The van der Waals surface area contributed by atoms with Crippen molar-refractivity contribution in [3.8, 4) is 0 Å². The minimum atomic E-state index is 1.13. The molecule has 0 aliphatic heterocycles. The molecule has 0 aliphatic carbocycles. The van der Waals surface area contributed by atoms with Gasteiger partial charge in [-0.25, -0.2) is 0 Å². The van der Waals surface area contributed by atoms with Crippen LogP contribution in [-0.2, 0) is 0 Å². The maximum absolute atomic E-state index is 2.16. The van der Waals surface area contributed by atoms with Gasteiger partial charge < -0.3 is 0 Å². The fraction of sp³-hybridized carbons (Fsp3) is 0.692. The summed E-state index contributed by atoms with van der Waals surface area (Å²) in [6.07, 6.45) is 8.78. The third kappa shape index (κ3) is 34.4. The molecule has 13 heavy (non-hydrogen) atoms. The highest BCUT2D eigenvalue weighted by Crippen LogP contribution is 1.93. The molecule has 0 aliphatic rings. The third-order valence-electron chi connectivity index (χ3n) is 1.07. The van der Waals surface area contributed by atoms with Crippen LogP contribution in [0.4, 0.5) is 0 Å². The minimum absolute atomic E-state index is 1.13. The van der Waals surface area contributed by atoms with Crippen molar-refractivity contribution in [1.82, 2.24) is 0 Å². The Morgan fingerprint density at radius 2 is 1.46 bits per heavy atom. The van der Waals surface area contributed by atoms with E-state index in [4.69, 9.17) is 0 Å². The van der Waals surface area contributed by atoms with Crippen LogP contribution in [0.25, 0.3) is 0 Å². The molecule has 0 nitrogen and oxygen atoms in total. The van der Waals surface area contributed by atoms with E-state index in [1.165, 1.54) is 12.0 Å². The number of rotatable bonds is 2. The van der Waals surface area contributed by atoms with E-state index < -0.39 is 0 Å². The maximum Gasteiger partial charge on any atom is -0.0376 e. The zero-order valence-corrected chi connectivity index (χ0v) is 10.6. The van der Waals surface area contributed by atoms with Gasteiger partial charge in [-0.15, -0.1) is 0 Å². The van der Waals surface area contributed by atoms with Crippen LogP contribution in [-0.4, -0.2) is 0 Å². The third-order valence-corrected chi connectivity index (χ3v) is 1.07. The highest BCUT2D eigenvalue weighted by atomic mass is 13.8. The summed E-state index contributed by atoms with van der Waals surface area (Å²) in [6.45, 7) is 14.5. The summed E-state index contributed by atoms with van der Waals surface area (Å²) in [5.41, 5.74) is 1.34. The largest absolute Gasteiger partial charge is 0.0847 e. The van der Waals surface area contributed by atoms with Crippen molar-refractivity contribution in [2.24, 2.45) is 0 Å². The van der Waals surface area contributed by atoms with Crippen LogP contribution in [0.1, 0.15) is 61.3 Å². The van der Waals surface area contributed by atoms with Gasteiger partial charge in [-0.05, 0) is 20.3 Å². The molecule has 0 radical (unpaired) electrons. The summed E-state index contributed by atoms with van der Waals surface area (Å²) in [4.78, 5) is 0. The van der Waals surface area contributed by atoms with Crippen molar-refractivity contribution in [3.63, 3.8) is 0 Å². The van der Waals surface area contributed by atoms with Crippen LogP contribution < -0.4 is 0 Å². The molecule has 0 heteroatoms. The second-order valence-corrected chi connectivity index (χ2v) is 2.55. The lowest BCUT2D eigenvalue weighted by atomic mass is 10.2. The molecule has 0 saturated carbocycles. The van der Waals surface area contributed by atoms with Crippen LogP contribution in [0, 0.1) is 0 Å². The van der Waals surface area contributed by atoms with E-state index in [0.717, 1.165) is 6.42 Å². The summed E-state index contributed by atoms with van der Waals surface area (Å²) in [5, 5.41) is 0. The van der Waals surface area contributed by atoms with E-state index in [1.807, 2.05) is 13.8 Å². The first-order valence-electron chi connectivity index (χ1n) is 5.52. The highest BCUT2D eigenvalue weighted by Gasteiger charge is 1.72. The molecule has 0 aromatic rings. The van der Waals surface area contributed by atoms with E-state index in [9.17, 15) is 0 Å². The van der Waals surface area contributed by atoms with E-state index >= 15 is 0 Å². The predicted molar refractivity (Wildman–Crippen MR) is 66.2 cm³/mol. The zero-order chi connectivity index (χ0) is 11.1. The van der Waals surface area contributed by atoms with E-state index in [-0.39, 0.29) is 0 Å². The molecule has 0 aromatic heterocycles. The first kappa shape index (κ1) is 18.3. The summed E-state index contributed by atoms with van der Waals surface area (Å²) in [7, 11) is 0. The Balaban J connectivity index is -0.000000169. The van der Waals surface area contributed by atoms with Crippen molar-refractivity contribution in [2.45, 2.75) is 61.3 Å². The Bertz CT molecular complexity index is 107. The fourth-order valence-electron chi connectivity index (χ4n) is 0.400. The topological polar surface area (TPSA) is 0 Å². The van der Waals surface area contributed by atoms with Crippen molar-refractivity contribution >= 4 is 0 Å². The second kappa shape index (κ2) is 22.5. The highest BCUT2D eigenvalue weighted by molar-refractivity contribution is 5.14. The molecule has 0 saturated heterocycles. The second-order valence-electron chi connectivity index (χ2n) is 2.55. The monoisotopic (exact) mass is 184 g/mol. The smallest absolute Gasteiger partial charge is 0.0376 e. The van der Waals surface area contributed by atoms with Gasteiger partial charge in [0, 0.05) is 0 Å². The summed E-state index contributed by atoms with van der Waals surface area (Å²) in [6, 6.07) is 0. The van der Waals surface area contributed by atoms with Gasteiger partial charge in [-0.3, -0.25) is 0 Å². The first-order chi connectivity index (χ1) is 6.22. The minimum Gasteiger partial charge on any atom is -0.0847 e. The van der Waals surface area contributed by atoms with Crippen LogP contribution in [0.15, 0.2) is 23.8 Å². The van der Waals surface area contributed by atoms with Crippen LogP contribution in [0.3, 0.4) is 0 Å². The molecule has 0 amide bonds. The van der Waals surface area contributed by atoms with Gasteiger partial charge in [0.15, 0.2) is 0 Å². The average Bonchev–Trinajstić information content (AvgIpc) is 2.18. The summed E-state index contributed by atoms with van der Waals surface area (Å²) >= 11 is 0. The van der Waals surface area contributed by atoms with Crippen LogP contribution in [0.5, 0.6) is 0 Å². The number of hydrogen-bond acceptors (Lipinski definition) is 0. The molecule has 0 fully saturated rings. The molecule has 0 atom stereocenters. The van der Waals surface area contributed by atoms with Gasteiger partial charge in [0.2, 0.25) is 0 Å². The lowest BCUT2D eigenvalue weighted by Gasteiger charge is -1.84. The Labute approximate surface area is 85.8 Å². The van der Waals surface area contributed by atoms with E-state index in [1.54, 1.807) is 0 Å². The molecule has 0 aromatic carbocycles. The van der Waals surface area contributed by atoms with Gasteiger partial charge in [0.25, 0.3) is 0 Å². The van der Waals surface area contributed by atoms with E-state index in [0.29, 0.717) is 0 Å². The van der Waals surface area contributed by atoms with Gasteiger partial charge in [0.1, 0.15) is 0 Å². The maximum atomic E-state index is 2.16.